The van der Waals surface area contributed by atoms with E-state index in [1.807, 2.05) is 7.05 Å². The highest BCUT2D eigenvalue weighted by atomic mass is 15.0. The molecular weight excluding hydrogens is 172 g/mol. The van der Waals surface area contributed by atoms with Crippen LogP contribution in [0.15, 0.2) is 0 Å². The standard InChI is InChI=1S/C12H26N2/c1-12(2,10-13-3)14-9-11-7-5-4-6-8-11/h11,13-14H,4-10H2,1-3H3. The van der Waals surface area contributed by atoms with Gasteiger partial charge in [-0.25, -0.2) is 0 Å². The van der Waals surface area contributed by atoms with E-state index in [1.54, 1.807) is 0 Å². The molecule has 1 saturated carbocycles. The zero-order valence-electron chi connectivity index (χ0n) is 10.0. The Hall–Kier alpha value is -0.0800. The van der Waals surface area contributed by atoms with Crippen LogP contribution in [-0.2, 0) is 0 Å². The van der Waals surface area contributed by atoms with Crippen molar-refractivity contribution in [2.75, 3.05) is 20.1 Å². The van der Waals surface area contributed by atoms with Crippen molar-refractivity contribution in [2.45, 2.75) is 51.5 Å². The van der Waals surface area contributed by atoms with Gasteiger partial charge in [-0.05, 0) is 46.2 Å². The van der Waals surface area contributed by atoms with Gasteiger partial charge in [0.25, 0.3) is 0 Å². The van der Waals surface area contributed by atoms with Crippen LogP contribution in [0.3, 0.4) is 0 Å². The molecule has 0 aliphatic heterocycles. The average molecular weight is 198 g/mol. The molecule has 0 saturated heterocycles. The third kappa shape index (κ3) is 4.43. The summed E-state index contributed by atoms with van der Waals surface area (Å²) in [4.78, 5) is 0. The Labute approximate surface area is 88.8 Å². The van der Waals surface area contributed by atoms with Crippen molar-refractivity contribution in [3.63, 3.8) is 0 Å². The summed E-state index contributed by atoms with van der Waals surface area (Å²) in [6.07, 6.45) is 7.21. The molecule has 0 amide bonds. The van der Waals surface area contributed by atoms with E-state index < -0.39 is 0 Å². The molecule has 1 fully saturated rings. The number of hydrogen-bond donors (Lipinski definition) is 2. The number of hydrogen-bond acceptors (Lipinski definition) is 2. The highest BCUT2D eigenvalue weighted by Crippen LogP contribution is 2.23. The minimum absolute atomic E-state index is 0.242. The molecule has 0 unspecified atom stereocenters. The molecule has 84 valence electrons. The molecule has 1 aliphatic carbocycles. The molecule has 2 nitrogen and oxygen atoms in total. The van der Waals surface area contributed by atoms with Gasteiger partial charge in [-0.3, -0.25) is 0 Å². The Bertz CT molecular complexity index is 148. The lowest BCUT2D eigenvalue weighted by Crippen LogP contribution is -2.48. The molecule has 1 rings (SSSR count). The van der Waals surface area contributed by atoms with Gasteiger partial charge in [0.1, 0.15) is 0 Å². The van der Waals surface area contributed by atoms with Gasteiger partial charge in [-0.15, -0.1) is 0 Å². The van der Waals surface area contributed by atoms with Crippen molar-refractivity contribution in [1.82, 2.24) is 10.6 Å². The van der Waals surface area contributed by atoms with Gasteiger partial charge >= 0.3 is 0 Å². The lowest BCUT2D eigenvalue weighted by atomic mass is 9.88. The Kier molecular flexibility index (Phi) is 4.90. The summed E-state index contributed by atoms with van der Waals surface area (Å²) in [6, 6.07) is 0. The van der Waals surface area contributed by atoms with Gasteiger partial charge in [0.15, 0.2) is 0 Å². The fourth-order valence-corrected chi connectivity index (χ4v) is 2.32. The highest BCUT2D eigenvalue weighted by Gasteiger charge is 2.19. The zero-order valence-corrected chi connectivity index (χ0v) is 10.0. The summed E-state index contributed by atoms with van der Waals surface area (Å²) in [5, 5.41) is 6.90. The highest BCUT2D eigenvalue weighted by molar-refractivity contribution is 4.81. The van der Waals surface area contributed by atoms with E-state index in [-0.39, 0.29) is 5.54 Å². The second kappa shape index (κ2) is 5.72. The third-order valence-electron chi connectivity index (χ3n) is 3.21. The molecule has 0 spiro atoms. The van der Waals surface area contributed by atoms with Crippen molar-refractivity contribution in [3.8, 4) is 0 Å². The van der Waals surface area contributed by atoms with Gasteiger partial charge in [-0.1, -0.05) is 19.3 Å². The largest absolute Gasteiger partial charge is 0.318 e. The van der Waals surface area contributed by atoms with Crippen LogP contribution in [0.5, 0.6) is 0 Å². The monoisotopic (exact) mass is 198 g/mol. The lowest BCUT2D eigenvalue weighted by Gasteiger charge is -2.30. The van der Waals surface area contributed by atoms with Crippen LogP contribution < -0.4 is 10.6 Å². The van der Waals surface area contributed by atoms with Crippen LogP contribution >= 0.6 is 0 Å². The summed E-state index contributed by atoms with van der Waals surface area (Å²) in [5.74, 6) is 0.930. The Morgan fingerprint density at radius 2 is 1.79 bits per heavy atom. The van der Waals surface area contributed by atoms with Crippen LogP contribution in [-0.4, -0.2) is 25.7 Å². The maximum Gasteiger partial charge on any atom is 0.0249 e. The van der Waals surface area contributed by atoms with Gasteiger partial charge < -0.3 is 10.6 Å². The minimum atomic E-state index is 0.242. The fourth-order valence-electron chi connectivity index (χ4n) is 2.32. The molecule has 0 bridgehead atoms. The van der Waals surface area contributed by atoms with E-state index in [2.05, 4.69) is 24.5 Å². The SMILES string of the molecule is CNCC(C)(C)NCC1CCCCC1. The van der Waals surface area contributed by atoms with Gasteiger partial charge in [0.05, 0.1) is 0 Å². The van der Waals surface area contributed by atoms with Crippen molar-refractivity contribution in [3.05, 3.63) is 0 Å². The zero-order chi connectivity index (χ0) is 10.4. The van der Waals surface area contributed by atoms with E-state index in [9.17, 15) is 0 Å². The third-order valence-corrected chi connectivity index (χ3v) is 3.21. The molecule has 0 aromatic carbocycles. The summed E-state index contributed by atoms with van der Waals surface area (Å²) >= 11 is 0. The molecule has 0 heterocycles. The molecule has 1 aliphatic rings. The van der Waals surface area contributed by atoms with Crippen LogP contribution in [0.2, 0.25) is 0 Å². The Balaban J connectivity index is 2.17. The normalized spacial score (nSPS) is 19.9. The molecular formula is C12H26N2. The molecule has 0 atom stereocenters. The van der Waals surface area contributed by atoms with E-state index >= 15 is 0 Å². The Morgan fingerprint density at radius 1 is 1.14 bits per heavy atom. The van der Waals surface area contributed by atoms with Gasteiger partial charge in [0, 0.05) is 12.1 Å². The topological polar surface area (TPSA) is 24.1 Å². The predicted molar refractivity (Wildman–Crippen MR) is 62.6 cm³/mol. The first kappa shape index (κ1) is 12.0. The van der Waals surface area contributed by atoms with Crippen molar-refractivity contribution in [1.29, 1.82) is 0 Å². The summed E-state index contributed by atoms with van der Waals surface area (Å²) < 4.78 is 0. The molecule has 2 heteroatoms. The second-order valence-electron chi connectivity index (χ2n) is 5.30. The van der Waals surface area contributed by atoms with Crippen LogP contribution in [0.1, 0.15) is 46.0 Å². The Morgan fingerprint density at radius 3 is 2.36 bits per heavy atom. The van der Waals surface area contributed by atoms with E-state index in [0.29, 0.717) is 0 Å². The van der Waals surface area contributed by atoms with E-state index in [0.717, 1.165) is 12.5 Å². The van der Waals surface area contributed by atoms with Gasteiger partial charge in [-0.2, -0.15) is 0 Å². The van der Waals surface area contributed by atoms with Gasteiger partial charge in [0.2, 0.25) is 0 Å². The number of nitrogens with one attached hydrogen (secondary N) is 2. The maximum absolute atomic E-state index is 3.67. The number of rotatable bonds is 5. The quantitative estimate of drug-likeness (QED) is 0.707. The first-order valence-electron chi connectivity index (χ1n) is 6.04. The van der Waals surface area contributed by atoms with Crippen molar-refractivity contribution >= 4 is 0 Å². The number of likely N-dealkylation sites (N-methyl/N-ethyl adjacent to an activating group) is 1. The second-order valence-corrected chi connectivity index (χ2v) is 5.30. The minimum Gasteiger partial charge on any atom is -0.318 e. The molecule has 2 N–H and O–H groups in total. The first-order valence-corrected chi connectivity index (χ1v) is 6.04. The summed E-state index contributed by atoms with van der Waals surface area (Å²) in [6.45, 7) is 6.78. The van der Waals surface area contributed by atoms with Crippen LogP contribution in [0.4, 0.5) is 0 Å². The van der Waals surface area contributed by atoms with Crippen molar-refractivity contribution in [2.24, 2.45) is 5.92 Å². The summed E-state index contributed by atoms with van der Waals surface area (Å²) in [7, 11) is 2.02. The molecule has 0 radical (unpaired) electrons. The van der Waals surface area contributed by atoms with Crippen molar-refractivity contribution < 1.29 is 0 Å². The molecule has 14 heavy (non-hydrogen) atoms. The lowest BCUT2D eigenvalue weighted by molar-refractivity contribution is 0.290. The smallest absolute Gasteiger partial charge is 0.0249 e. The first-order chi connectivity index (χ1) is 6.64. The maximum atomic E-state index is 3.67. The van der Waals surface area contributed by atoms with E-state index in [4.69, 9.17) is 0 Å². The van der Waals surface area contributed by atoms with Crippen LogP contribution in [0, 0.1) is 5.92 Å². The summed E-state index contributed by atoms with van der Waals surface area (Å²) in [5.41, 5.74) is 0.242. The van der Waals surface area contributed by atoms with E-state index in [1.165, 1.54) is 38.6 Å². The average Bonchev–Trinajstić information content (AvgIpc) is 2.17. The molecule has 0 aromatic heterocycles. The molecule has 0 aromatic rings. The van der Waals surface area contributed by atoms with Crippen LogP contribution in [0.25, 0.3) is 0 Å². The predicted octanol–water partition coefficient (Wildman–Crippen LogP) is 2.15. The fraction of sp³-hybridized carbons (Fsp3) is 1.00.